The van der Waals surface area contributed by atoms with Crippen molar-refractivity contribution in [1.82, 2.24) is 0 Å². The Labute approximate surface area is 218 Å². The summed E-state index contributed by atoms with van der Waals surface area (Å²) in [5, 5.41) is 0. The first-order valence-corrected chi connectivity index (χ1v) is 14.8. The third kappa shape index (κ3) is 2.58. The second-order valence-electron chi connectivity index (χ2n) is 15.3. The number of ether oxygens (including phenoxy) is 2. The highest BCUT2D eigenvalue weighted by Crippen LogP contribution is 2.79. The number of hydrogen-bond acceptors (Lipinski definition) is 4. The molecule has 0 unspecified atom stereocenters. The SMILES string of the molecule is CC(=O)O[C@H]1CC[C@@]2(C)[C@H](CC[C@]3(C)[C@@H]2C=C[C@]24OC(=O)[C@@]5(CC[C@@H](C)[C@H](C)[C@H]52)CC[C@]43C)C1(C)C. The van der Waals surface area contributed by atoms with E-state index in [1.165, 1.54) is 0 Å². The minimum absolute atomic E-state index is 0.0115. The Hall–Kier alpha value is -1.32. The fraction of sp³-hybridized carbons (Fsp3) is 0.875. The van der Waals surface area contributed by atoms with Gasteiger partial charge in [0.15, 0.2) is 0 Å². The van der Waals surface area contributed by atoms with E-state index in [1.54, 1.807) is 6.92 Å². The highest BCUT2D eigenvalue weighted by Gasteiger charge is 2.80. The summed E-state index contributed by atoms with van der Waals surface area (Å²) < 4.78 is 12.6. The summed E-state index contributed by atoms with van der Waals surface area (Å²) in [5.41, 5.74) is -0.681. The van der Waals surface area contributed by atoms with Crippen LogP contribution in [0.3, 0.4) is 0 Å². The van der Waals surface area contributed by atoms with E-state index in [0.717, 1.165) is 51.4 Å². The van der Waals surface area contributed by atoms with Gasteiger partial charge < -0.3 is 9.47 Å². The number of esters is 2. The summed E-state index contributed by atoms with van der Waals surface area (Å²) in [6.45, 7) is 18.6. The molecular formula is C32H48O4. The third-order valence-electron chi connectivity index (χ3n) is 14.1. The molecule has 0 radical (unpaired) electrons. The normalized spacial score (nSPS) is 56.5. The minimum atomic E-state index is -0.477. The Balaban J connectivity index is 1.46. The minimum Gasteiger partial charge on any atom is -0.462 e. The van der Waals surface area contributed by atoms with E-state index >= 15 is 0 Å². The van der Waals surface area contributed by atoms with Crippen molar-refractivity contribution >= 4 is 11.9 Å². The molecule has 0 aromatic carbocycles. The molecule has 5 aliphatic carbocycles. The monoisotopic (exact) mass is 496 g/mol. The lowest BCUT2D eigenvalue weighted by molar-refractivity contribution is -0.247. The van der Waals surface area contributed by atoms with Crippen LogP contribution in [0.1, 0.15) is 107 Å². The first-order valence-electron chi connectivity index (χ1n) is 14.8. The molecule has 0 N–H and O–H groups in total. The summed E-state index contributed by atoms with van der Waals surface area (Å²) in [6, 6.07) is 0. The number of carbonyl (C=O) groups is 2. The molecule has 6 aliphatic rings. The van der Waals surface area contributed by atoms with E-state index in [-0.39, 0.29) is 51.0 Å². The smallest absolute Gasteiger partial charge is 0.313 e. The lowest BCUT2D eigenvalue weighted by Gasteiger charge is -2.72. The van der Waals surface area contributed by atoms with Crippen LogP contribution in [0.2, 0.25) is 0 Å². The fourth-order valence-electron chi connectivity index (χ4n) is 11.8. The van der Waals surface area contributed by atoms with Gasteiger partial charge in [0.25, 0.3) is 0 Å². The van der Waals surface area contributed by atoms with Crippen molar-refractivity contribution in [3.8, 4) is 0 Å². The Bertz CT molecular complexity index is 1030. The van der Waals surface area contributed by atoms with Crippen molar-refractivity contribution in [2.24, 2.45) is 56.7 Å². The second-order valence-corrected chi connectivity index (χ2v) is 15.3. The van der Waals surface area contributed by atoms with Crippen molar-refractivity contribution in [2.45, 2.75) is 118 Å². The van der Waals surface area contributed by atoms with Crippen LogP contribution in [0.5, 0.6) is 0 Å². The van der Waals surface area contributed by atoms with E-state index in [1.807, 2.05) is 0 Å². The van der Waals surface area contributed by atoms with Crippen LogP contribution in [-0.2, 0) is 19.1 Å². The van der Waals surface area contributed by atoms with Crippen LogP contribution >= 0.6 is 0 Å². The molecule has 1 aliphatic heterocycles. The lowest BCUT2D eigenvalue weighted by Crippen LogP contribution is -2.71. The van der Waals surface area contributed by atoms with E-state index in [0.29, 0.717) is 23.7 Å². The van der Waals surface area contributed by atoms with Crippen LogP contribution < -0.4 is 0 Å². The van der Waals surface area contributed by atoms with Crippen molar-refractivity contribution in [1.29, 1.82) is 0 Å². The topological polar surface area (TPSA) is 52.6 Å². The standard InChI is InChI=1S/C32H48O4/c1-19-9-15-31-18-17-30(8)29(7)14-10-22-27(4,5)24(35-21(3)33)12-13-28(22,6)23(29)11-16-32(30,36-26(31)34)25(31)20(19)2/h11,16,19-20,22-25H,9-10,12-15,17-18H2,1-8H3/t19-,20+,22-,23-,24+,25-,28+,29-,30+,31+,32+/m1/s1. The molecule has 4 heteroatoms. The Morgan fingerprint density at radius 3 is 2.39 bits per heavy atom. The maximum absolute atomic E-state index is 13.7. The highest BCUT2D eigenvalue weighted by molar-refractivity contribution is 5.82. The molecule has 5 fully saturated rings. The average Bonchev–Trinajstić information content (AvgIpc) is 2.99. The van der Waals surface area contributed by atoms with Crippen LogP contribution in [0, 0.1) is 56.7 Å². The predicted molar refractivity (Wildman–Crippen MR) is 140 cm³/mol. The molecule has 11 atom stereocenters. The van der Waals surface area contributed by atoms with Gasteiger partial charge in [0, 0.05) is 23.7 Å². The number of carbonyl (C=O) groups excluding carboxylic acids is 2. The zero-order valence-corrected chi connectivity index (χ0v) is 23.9. The van der Waals surface area contributed by atoms with E-state index in [2.05, 4.69) is 60.6 Å². The van der Waals surface area contributed by atoms with Gasteiger partial charge in [-0.1, -0.05) is 54.5 Å². The van der Waals surface area contributed by atoms with Gasteiger partial charge in [0.05, 0.1) is 5.41 Å². The molecular weight excluding hydrogens is 448 g/mol. The van der Waals surface area contributed by atoms with Crippen molar-refractivity contribution in [2.75, 3.05) is 0 Å². The third-order valence-corrected chi connectivity index (χ3v) is 14.1. The molecule has 4 saturated carbocycles. The van der Waals surface area contributed by atoms with Gasteiger partial charge in [0.1, 0.15) is 11.7 Å². The van der Waals surface area contributed by atoms with Gasteiger partial charge in [-0.3, -0.25) is 9.59 Å². The van der Waals surface area contributed by atoms with Crippen LogP contribution in [0.25, 0.3) is 0 Å². The summed E-state index contributed by atoms with van der Waals surface area (Å²) >= 11 is 0. The van der Waals surface area contributed by atoms with Gasteiger partial charge in [-0.05, 0) is 91.9 Å². The van der Waals surface area contributed by atoms with Gasteiger partial charge >= 0.3 is 11.9 Å². The molecule has 2 bridgehead atoms. The largest absolute Gasteiger partial charge is 0.462 e. The molecule has 0 amide bonds. The van der Waals surface area contributed by atoms with Crippen molar-refractivity contribution in [3.63, 3.8) is 0 Å². The highest BCUT2D eigenvalue weighted by atomic mass is 16.6. The number of fused-ring (bicyclic) bond motifs is 4. The molecule has 200 valence electrons. The fourth-order valence-corrected chi connectivity index (χ4v) is 11.8. The van der Waals surface area contributed by atoms with E-state index < -0.39 is 5.60 Å². The summed E-state index contributed by atoms with van der Waals surface area (Å²) in [7, 11) is 0. The van der Waals surface area contributed by atoms with E-state index in [4.69, 9.17) is 9.47 Å². The summed E-state index contributed by atoms with van der Waals surface area (Å²) in [6.07, 6.45) is 13.4. The quantitative estimate of drug-likeness (QED) is 0.287. The van der Waals surface area contributed by atoms with Gasteiger partial charge in [-0.2, -0.15) is 0 Å². The maximum atomic E-state index is 13.7. The molecule has 36 heavy (non-hydrogen) atoms. The molecule has 1 spiro atoms. The Morgan fingerprint density at radius 2 is 1.69 bits per heavy atom. The summed E-state index contributed by atoms with van der Waals surface area (Å²) in [5.74, 6) is 2.27. The van der Waals surface area contributed by atoms with E-state index in [9.17, 15) is 9.59 Å². The predicted octanol–water partition coefficient (Wildman–Crippen LogP) is 7.11. The average molecular weight is 497 g/mol. The second kappa shape index (κ2) is 7.20. The maximum Gasteiger partial charge on any atom is 0.313 e. The molecule has 1 saturated heterocycles. The number of allylic oxidation sites excluding steroid dienone is 1. The summed E-state index contributed by atoms with van der Waals surface area (Å²) in [4.78, 5) is 25.6. The first-order chi connectivity index (χ1) is 16.7. The lowest BCUT2D eigenvalue weighted by atomic mass is 9.32. The van der Waals surface area contributed by atoms with Crippen LogP contribution in [0.4, 0.5) is 0 Å². The molecule has 6 rings (SSSR count). The first kappa shape index (κ1) is 25.0. The van der Waals surface area contributed by atoms with Gasteiger partial charge in [0.2, 0.25) is 0 Å². The van der Waals surface area contributed by atoms with Crippen LogP contribution in [0.15, 0.2) is 12.2 Å². The Kier molecular flexibility index (Phi) is 5.00. The molecule has 1 heterocycles. The number of rotatable bonds is 1. The number of hydrogen-bond donors (Lipinski definition) is 0. The zero-order valence-electron chi connectivity index (χ0n) is 23.9. The van der Waals surface area contributed by atoms with Crippen molar-refractivity contribution in [3.05, 3.63) is 12.2 Å². The molecule has 0 aromatic rings. The zero-order chi connectivity index (χ0) is 26.1. The Morgan fingerprint density at radius 1 is 0.972 bits per heavy atom. The van der Waals surface area contributed by atoms with Crippen LogP contribution in [-0.4, -0.2) is 23.6 Å². The molecule has 4 nitrogen and oxygen atoms in total. The van der Waals surface area contributed by atoms with Gasteiger partial charge in [-0.25, -0.2) is 0 Å². The van der Waals surface area contributed by atoms with Gasteiger partial charge in [-0.15, -0.1) is 0 Å². The van der Waals surface area contributed by atoms with Crippen molar-refractivity contribution < 1.29 is 19.1 Å². The molecule has 0 aromatic heterocycles.